The van der Waals surface area contributed by atoms with Crippen molar-refractivity contribution in [2.75, 3.05) is 4.90 Å². The summed E-state index contributed by atoms with van der Waals surface area (Å²) >= 11 is 6.49. The number of nitrogens with two attached hydrogens (primary N) is 1. The van der Waals surface area contributed by atoms with Gasteiger partial charge in [-0.2, -0.15) is 0 Å². The Morgan fingerprint density at radius 2 is 1.95 bits per heavy atom. The highest BCUT2D eigenvalue weighted by Gasteiger charge is 2.28. The molecule has 2 atom stereocenters. The first-order valence-corrected chi connectivity index (χ1v) is 7.38. The van der Waals surface area contributed by atoms with Crippen LogP contribution in [0.4, 0.5) is 11.4 Å². The van der Waals surface area contributed by atoms with Crippen LogP contribution < -0.4 is 10.6 Å². The maximum absolute atomic E-state index is 6.49. The second kappa shape index (κ2) is 5.12. The quantitative estimate of drug-likeness (QED) is 0.884. The van der Waals surface area contributed by atoms with Crippen LogP contribution in [0.25, 0.3) is 0 Å². The van der Waals surface area contributed by atoms with E-state index in [1.165, 1.54) is 11.3 Å². The molecule has 20 heavy (non-hydrogen) atoms. The molecule has 2 N–H and O–H groups in total. The molecule has 3 rings (SSSR count). The van der Waals surface area contributed by atoms with Gasteiger partial charge in [-0.1, -0.05) is 35.9 Å². The zero-order chi connectivity index (χ0) is 14.3. The summed E-state index contributed by atoms with van der Waals surface area (Å²) in [4.78, 5) is 2.32. The minimum atomic E-state index is 0.00448. The van der Waals surface area contributed by atoms with Crippen molar-refractivity contribution in [3.8, 4) is 0 Å². The summed E-state index contributed by atoms with van der Waals surface area (Å²) in [6.07, 6.45) is 1.06. The highest BCUT2D eigenvalue weighted by atomic mass is 35.5. The van der Waals surface area contributed by atoms with E-state index in [-0.39, 0.29) is 6.04 Å². The fourth-order valence-electron chi connectivity index (χ4n) is 2.93. The highest BCUT2D eigenvalue weighted by molar-refractivity contribution is 6.33. The summed E-state index contributed by atoms with van der Waals surface area (Å²) in [5.41, 5.74) is 10.7. The Bertz CT molecular complexity index is 637. The van der Waals surface area contributed by atoms with E-state index >= 15 is 0 Å². The molecule has 2 aromatic carbocycles. The van der Waals surface area contributed by atoms with Gasteiger partial charge in [0.15, 0.2) is 0 Å². The zero-order valence-corrected chi connectivity index (χ0v) is 12.6. The number of hydrogen-bond acceptors (Lipinski definition) is 2. The summed E-state index contributed by atoms with van der Waals surface area (Å²) < 4.78 is 0. The van der Waals surface area contributed by atoms with Crippen molar-refractivity contribution in [1.82, 2.24) is 0 Å². The van der Waals surface area contributed by atoms with Crippen molar-refractivity contribution in [3.63, 3.8) is 0 Å². The average molecular weight is 287 g/mol. The van der Waals surface area contributed by atoms with E-state index in [4.69, 9.17) is 17.3 Å². The van der Waals surface area contributed by atoms with Gasteiger partial charge in [0.05, 0.1) is 10.7 Å². The normalized spacial score (nSPS) is 19.0. The summed E-state index contributed by atoms with van der Waals surface area (Å²) in [7, 11) is 0. The maximum atomic E-state index is 6.49. The van der Waals surface area contributed by atoms with Crippen LogP contribution in [0.2, 0.25) is 5.02 Å². The van der Waals surface area contributed by atoms with E-state index in [9.17, 15) is 0 Å². The van der Waals surface area contributed by atoms with Gasteiger partial charge in [0.25, 0.3) is 0 Å². The number of benzene rings is 2. The first-order valence-electron chi connectivity index (χ1n) is 7.00. The van der Waals surface area contributed by atoms with Crippen LogP contribution in [-0.2, 0) is 6.42 Å². The third kappa shape index (κ3) is 2.19. The first kappa shape index (κ1) is 13.5. The van der Waals surface area contributed by atoms with Crippen LogP contribution in [-0.4, -0.2) is 6.04 Å². The molecule has 0 bridgehead atoms. The molecule has 104 valence electrons. The van der Waals surface area contributed by atoms with E-state index in [0.717, 1.165) is 22.7 Å². The number of rotatable bonds is 2. The van der Waals surface area contributed by atoms with Crippen LogP contribution in [0.15, 0.2) is 42.5 Å². The van der Waals surface area contributed by atoms with Crippen molar-refractivity contribution >= 4 is 23.0 Å². The van der Waals surface area contributed by atoms with E-state index in [2.05, 4.69) is 48.2 Å². The topological polar surface area (TPSA) is 29.3 Å². The van der Waals surface area contributed by atoms with Crippen molar-refractivity contribution in [1.29, 1.82) is 0 Å². The lowest BCUT2D eigenvalue weighted by atomic mass is 10.1. The predicted octanol–water partition coefficient (Wildman–Crippen LogP) is 4.44. The van der Waals surface area contributed by atoms with Crippen molar-refractivity contribution in [3.05, 3.63) is 58.6 Å². The molecule has 0 amide bonds. The third-order valence-electron chi connectivity index (χ3n) is 3.96. The van der Waals surface area contributed by atoms with Crippen molar-refractivity contribution < 1.29 is 0 Å². The van der Waals surface area contributed by atoms with Gasteiger partial charge in [-0.05, 0) is 49.6 Å². The molecule has 0 fully saturated rings. The fraction of sp³-hybridized carbons (Fsp3) is 0.294. The van der Waals surface area contributed by atoms with Crippen LogP contribution >= 0.6 is 11.6 Å². The Morgan fingerprint density at radius 1 is 1.20 bits per heavy atom. The number of anilines is 2. The van der Waals surface area contributed by atoms with E-state index in [1.807, 2.05) is 13.0 Å². The number of halogens is 1. The molecule has 0 saturated carbocycles. The lowest BCUT2D eigenvalue weighted by Crippen LogP contribution is -2.24. The number of para-hydroxylation sites is 1. The smallest absolute Gasteiger partial charge is 0.0646 e. The molecular weight excluding hydrogens is 268 g/mol. The van der Waals surface area contributed by atoms with Gasteiger partial charge >= 0.3 is 0 Å². The molecule has 1 aliphatic rings. The maximum Gasteiger partial charge on any atom is 0.0646 e. The Balaban J connectivity index is 2.05. The second-order valence-corrected chi connectivity index (χ2v) is 5.96. The summed E-state index contributed by atoms with van der Waals surface area (Å²) in [6.45, 7) is 4.20. The Hall–Kier alpha value is -1.51. The van der Waals surface area contributed by atoms with Gasteiger partial charge in [0, 0.05) is 17.8 Å². The monoisotopic (exact) mass is 286 g/mol. The van der Waals surface area contributed by atoms with Gasteiger partial charge in [0.2, 0.25) is 0 Å². The van der Waals surface area contributed by atoms with Crippen molar-refractivity contribution in [2.45, 2.75) is 32.4 Å². The number of hydrogen-bond donors (Lipinski definition) is 1. The SMILES string of the molecule is CC1Cc2ccccc2N1c1ccc([C@@H](C)N)cc1Cl. The van der Waals surface area contributed by atoms with Gasteiger partial charge < -0.3 is 10.6 Å². The van der Waals surface area contributed by atoms with Gasteiger partial charge in [-0.3, -0.25) is 0 Å². The lowest BCUT2D eigenvalue weighted by Gasteiger charge is -2.26. The Kier molecular flexibility index (Phi) is 3.45. The van der Waals surface area contributed by atoms with Gasteiger partial charge in [-0.25, -0.2) is 0 Å². The standard InChI is InChI=1S/C17H19ClN2/c1-11-9-14-5-3-4-6-16(14)20(11)17-8-7-13(12(2)19)10-15(17)18/h3-8,10-12H,9,19H2,1-2H3/t11?,12-/m1/s1. The third-order valence-corrected chi connectivity index (χ3v) is 4.27. The summed E-state index contributed by atoms with van der Waals surface area (Å²) in [5, 5.41) is 0.767. The van der Waals surface area contributed by atoms with Crippen LogP contribution in [0, 0.1) is 0 Å². The molecule has 2 aromatic rings. The molecular formula is C17H19ClN2. The zero-order valence-electron chi connectivity index (χ0n) is 11.8. The Labute approximate surface area is 125 Å². The van der Waals surface area contributed by atoms with E-state index < -0.39 is 0 Å². The van der Waals surface area contributed by atoms with Crippen molar-refractivity contribution in [2.24, 2.45) is 5.73 Å². The Morgan fingerprint density at radius 3 is 2.65 bits per heavy atom. The largest absolute Gasteiger partial charge is 0.337 e. The van der Waals surface area contributed by atoms with Crippen LogP contribution in [0.3, 0.4) is 0 Å². The molecule has 1 unspecified atom stereocenters. The molecule has 0 spiro atoms. The molecule has 0 saturated heterocycles. The molecule has 0 radical (unpaired) electrons. The molecule has 0 aromatic heterocycles. The predicted molar refractivity (Wildman–Crippen MR) is 85.8 cm³/mol. The molecule has 1 heterocycles. The lowest BCUT2D eigenvalue weighted by molar-refractivity contribution is 0.758. The molecule has 0 aliphatic carbocycles. The summed E-state index contributed by atoms with van der Waals surface area (Å²) in [5.74, 6) is 0. The highest BCUT2D eigenvalue weighted by Crippen LogP contribution is 2.41. The van der Waals surface area contributed by atoms with Crippen LogP contribution in [0.1, 0.15) is 31.0 Å². The first-order chi connectivity index (χ1) is 9.58. The van der Waals surface area contributed by atoms with Gasteiger partial charge in [0.1, 0.15) is 0 Å². The molecule has 3 heteroatoms. The van der Waals surface area contributed by atoms with E-state index in [1.54, 1.807) is 0 Å². The second-order valence-electron chi connectivity index (χ2n) is 5.55. The average Bonchev–Trinajstić information content (AvgIpc) is 2.74. The van der Waals surface area contributed by atoms with Gasteiger partial charge in [-0.15, -0.1) is 0 Å². The van der Waals surface area contributed by atoms with E-state index in [0.29, 0.717) is 6.04 Å². The summed E-state index contributed by atoms with van der Waals surface area (Å²) in [6, 6.07) is 15.1. The molecule has 2 nitrogen and oxygen atoms in total. The minimum Gasteiger partial charge on any atom is -0.337 e. The molecule has 1 aliphatic heterocycles. The fourth-order valence-corrected chi connectivity index (χ4v) is 3.21. The minimum absolute atomic E-state index is 0.00448. The number of fused-ring (bicyclic) bond motifs is 1. The number of nitrogens with zero attached hydrogens (tertiary/aromatic N) is 1. The van der Waals surface area contributed by atoms with Crippen LogP contribution in [0.5, 0.6) is 0 Å².